The van der Waals surface area contributed by atoms with Gasteiger partial charge in [0.15, 0.2) is 11.6 Å². The first kappa shape index (κ1) is 9.72. The van der Waals surface area contributed by atoms with Crippen LogP contribution in [-0.4, -0.2) is 32.1 Å². The second-order valence-corrected chi connectivity index (χ2v) is 3.04. The number of ether oxygens (including phenoxy) is 1. The predicted octanol–water partition coefficient (Wildman–Crippen LogP) is 0.418. The summed E-state index contributed by atoms with van der Waals surface area (Å²) in [4.78, 5) is 4.33. The molecule has 0 spiro atoms. The average Bonchev–Trinajstić information content (AvgIpc) is 2.63. The maximum absolute atomic E-state index is 5.01. The molecule has 6 nitrogen and oxygen atoms in total. The van der Waals surface area contributed by atoms with Crippen LogP contribution in [0.5, 0.6) is 0 Å². The zero-order valence-electron chi connectivity index (χ0n) is 8.58. The highest BCUT2D eigenvalue weighted by atomic mass is 16.5. The van der Waals surface area contributed by atoms with Gasteiger partial charge in [-0.3, -0.25) is 4.68 Å². The highest BCUT2D eigenvalue weighted by molar-refractivity contribution is 5.51. The molecule has 2 rings (SSSR count). The standard InChI is InChI=1S/C9H11N5O/c1-14-8(6-15-2)12-9(13-14)7-3-4-10-11-5-7/h3-5H,6H2,1-2H3. The molecule has 0 amide bonds. The van der Waals surface area contributed by atoms with Crippen LogP contribution < -0.4 is 0 Å². The Hall–Kier alpha value is -1.82. The van der Waals surface area contributed by atoms with Crippen molar-refractivity contribution in [3.63, 3.8) is 0 Å². The van der Waals surface area contributed by atoms with Crippen LogP contribution in [-0.2, 0) is 18.4 Å². The van der Waals surface area contributed by atoms with Crippen molar-refractivity contribution in [1.82, 2.24) is 25.0 Å². The minimum atomic E-state index is 0.446. The molecule has 0 fully saturated rings. The Morgan fingerprint density at radius 2 is 2.27 bits per heavy atom. The van der Waals surface area contributed by atoms with Crippen molar-refractivity contribution in [3.8, 4) is 11.4 Å². The van der Waals surface area contributed by atoms with Crippen LogP contribution in [0.25, 0.3) is 11.4 Å². The SMILES string of the molecule is COCc1nc(-c2ccnnc2)nn1C. The molecule has 0 aliphatic heterocycles. The highest BCUT2D eigenvalue weighted by Gasteiger charge is 2.08. The summed E-state index contributed by atoms with van der Waals surface area (Å²) in [5.41, 5.74) is 0.850. The number of hydrogen-bond donors (Lipinski definition) is 0. The first-order valence-corrected chi connectivity index (χ1v) is 4.47. The van der Waals surface area contributed by atoms with Crippen molar-refractivity contribution in [2.24, 2.45) is 7.05 Å². The summed E-state index contributed by atoms with van der Waals surface area (Å²) < 4.78 is 6.70. The number of hydrogen-bond acceptors (Lipinski definition) is 5. The van der Waals surface area contributed by atoms with E-state index in [-0.39, 0.29) is 0 Å². The molecule has 0 atom stereocenters. The van der Waals surface area contributed by atoms with E-state index >= 15 is 0 Å². The van der Waals surface area contributed by atoms with Gasteiger partial charge in [-0.25, -0.2) is 4.98 Å². The van der Waals surface area contributed by atoms with E-state index in [0.717, 1.165) is 11.4 Å². The summed E-state index contributed by atoms with van der Waals surface area (Å²) in [6, 6.07) is 1.82. The predicted molar refractivity (Wildman–Crippen MR) is 52.7 cm³/mol. The maximum atomic E-state index is 5.01. The van der Waals surface area contributed by atoms with E-state index in [1.165, 1.54) is 0 Å². The summed E-state index contributed by atoms with van der Waals surface area (Å²) in [6.07, 6.45) is 3.24. The van der Waals surface area contributed by atoms with Crippen molar-refractivity contribution in [1.29, 1.82) is 0 Å². The van der Waals surface area contributed by atoms with Crippen molar-refractivity contribution < 1.29 is 4.74 Å². The average molecular weight is 205 g/mol. The fraction of sp³-hybridized carbons (Fsp3) is 0.333. The van der Waals surface area contributed by atoms with Gasteiger partial charge in [0.2, 0.25) is 0 Å². The largest absolute Gasteiger partial charge is 0.377 e. The molecular weight excluding hydrogens is 194 g/mol. The summed E-state index contributed by atoms with van der Waals surface area (Å²) in [7, 11) is 3.46. The van der Waals surface area contributed by atoms with Crippen molar-refractivity contribution in [3.05, 3.63) is 24.3 Å². The second kappa shape index (κ2) is 4.14. The smallest absolute Gasteiger partial charge is 0.183 e. The molecule has 0 bridgehead atoms. The molecule has 2 heterocycles. The maximum Gasteiger partial charge on any atom is 0.183 e. The Bertz CT molecular complexity index is 439. The Morgan fingerprint density at radius 3 is 2.93 bits per heavy atom. The summed E-state index contributed by atoms with van der Waals surface area (Å²) >= 11 is 0. The molecule has 78 valence electrons. The van der Waals surface area contributed by atoms with Crippen LogP contribution in [0.3, 0.4) is 0 Å². The van der Waals surface area contributed by atoms with Crippen LogP contribution in [0.1, 0.15) is 5.82 Å². The normalized spacial score (nSPS) is 10.5. The van der Waals surface area contributed by atoms with Gasteiger partial charge in [0.25, 0.3) is 0 Å². The van der Waals surface area contributed by atoms with Crippen LogP contribution in [0, 0.1) is 0 Å². The summed E-state index contributed by atoms with van der Waals surface area (Å²) in [5.74, 6) is 1.42. The van der Waals surface area contributed by atoms with E-state index < -0.39 is 0 Å². The van der Waals surface area contributed by atoms with E-state index in [0.29, 0.717) is 12.4 Å². The molecule has 0 saturated carbocycles. The lowest BCUT2D eigenvalue weighted by molar-refractivity contribution is 0.174. The van der Waals surface area contributed by atoms with E-state index in [4.69, 9.17) is 4.74 Å². The lowest BCUT2D eigenvalue weighted by atomic mass is 10.3. The van der Waals surface area contributed by atoms with Gasteiger partial charge in [-0.05, 0) is 6.07 Å². The molecule has 6 heteroatoms. The summed E-state index contributed by atoms with van der Waals surface area (Å²) in [6.45, 7) is 0.446. The molecule has 0 saturated heterocycles. The van der Waals surface area contributed by atoms with Gasteiger partial charge in [-0.15, -0.1) is 0 Å². The van der Waals surface area contributed by atoms with E-state index in [1.807, 2.05) is 13.1 Å². The molecular formula is C9H11N5O. The van der Waals surface area contributed by atoms with Crippen LogP contribution >= 0.6 is 0 Å². The quantitative estimate of drug-likeness (QED) is 0.726. The summed E-state index contributed by atoms with van der Waals surface area (Å²) in [5, 5.41) is 11.7. The Kier molecular flexibility index (Phi) is 2.68. The molecule has 0 N–H and O–H groups in total. The molecule has 2 aromatic rings. The molecule has 0 unspecified atom stereocenters. The molecule has 15 heavy (non-hydrogen) atoms. The lowest BCUT2D eigenvalue weighted by Crippen LogP contribution is -2.00. The fourth-order valence-corrected chi connectivity index (χ4v) is 1.22. The van der Waals surface area contributed by atoms with Crippen molar-refractivity contribution >= 4 is 0 Å². The Morgan fingerprint density at radius 1 is 1.40 bits per heavy atom. The van der Waals surface area contributed by atoms with E-state index in [9.17, 15) is 0 Å². The molecule has 0 aliphatic rings. The zero-order chi connectivity index (χ0) is 10.7. The Labute approximate surface area is 86.9 Å². The second-order valence-electron chi connectivity index (χ2n) is 3.04. The van der Waals surface area contributed by atoms with Crippen LogP contribution in [0.2, 0.25) is 0 Å². The van der Waals surface area contributed by atoms with Gasteiger partial charge in [0.05, 0.1) is 12.4 Å². The van der Waals surface area contributed by atoms with Crippen molar-refractivity contribution in [2.75, 3.05) is 7.11 Å². The first-order valence-electron chi connectivity index (χ1n) is 4.47. The number of methoxy groups -OCH3 is 1. The van der Waals surface area contributed by atoms with Gasteiger partial charge in [-0.2, -0.15) is 15.3 Å². The number of aryl methyl sites for hydroxylation is 1. The third-order valence-corrected chi connectivity index (χ3v) is 1.97. The lowest BCUT2D eigenvalue weighted by Gasteiger charge is -1.94. The topological polar surface area (TPSA) is 65.7 Å². The monoisotopic (exact) mass is 205 g/mol. The van der Waals surface area contributed by atoms with E-state index in [2.05, 4.69) is 20.3 Å². The third kappa shape index (κ3) is 1.99. The number of rotatable bonds is 3. The van der Waals surface area contributed by atoms with Gasteiger partial charge in [-0.1, -0.05) is 0 Å². The first-order chi connectivity index (χ1) is 7.31. The van der Waals surface area contributed by atoms with Gasteiger partial charge in [0.1, 0.15) is 6.61 Å². The van der Waals surface area contributed by atoms with Gasteiger partial charge in [0, 0.05) is 19.7 Å². The number of nitrogens with zero attached hydrogens (tertiary/aromatic N) is 5. The van der Waals surface area contributed by atoms with Crippen molar-refractivity contribution in [2.45, 2.75) is 6.61 Å². The molecule has 0 aliphatic carbocycles. The highest BCUT2D eigenvalue weighted by Crippen LogP contribution is 2.12. The zero-order valence-corrected chi connectivity index (χ0v) is 8.58. The molecule has 2 aromatic heterocycles. The minimum absolute atomic E-state index is 0.446. The van der Waals surface area contributed by atoms with E-state index in [1.54, 1.807) is 24.2 Å². The molecule has 0 radical (unpaired) electrons. The number of aromatic nitrogens is 5. The fourth-order valence-electron chi connectivity index (χ4n) is 1.22. The van der Waals surface area contributed by atoms with Gasteiger partial charge >= 0.3 is 0 Å². The van der Waals surface area contributed by atoms with Gasteiger partial charge < -0.3 is 4.74 Å². The third-order valence-electron chi connectivity index (χ3n) is 1.97. The Balaban J connectivity index is 2.34. The molecule has 0 aromatic carbocycles. The van der Waals surface area contributed by atoms with Crippen LogP contribution in [0.4, 0.5) is 0 Å². The minimum Gasteiger partial charge on any atom is -0.377 e. The van der Waals surface area contributed by atoms with Crippen LogP contribution in [0.15, 0.2) is 18.5 Å².